The van der Waals surface area contributed by atoms with Crippen LogP contribution in [-0.4, -0.2) is 48.1 Å². The predicted octanol–water partition coefficient (Wildman–Crippen LogP) is 1.71. The van der Waals surface area contributed by atoms with Crippen molar-refractivity contribution in [2.24, 2.45) is 0 Å². The van der Waals surface area contributed by atoms with Crippen molar-refractivity contribution in [2.45, 2.75) is 65.0 Å². The fourth-order valence-electron chi connectivity index (χ4n) is 2.49. The highest BCUT2D eigenvalue weighted by molar-refractivity contribution is 5.99. The first-order valence-corrected chi connectivity index (χ1v) is 7.71. The van der Waals surface area contributed by atoms with Crippen molar-refractivity contribution in [3.8, 4) is 0 Å². The summed E-state index contributed by atoms with van der Waals surface area (Å²) >= 11 is 0. The van der Waals surface area contributed by atoms with Gasteiger partial charge in [-0.3, -0.25) is 9.59 Å². The van der Waals surface area contributed by atoms with Crippen LogP contribution in [0.25, 0.3) is 0 Å². The Morgan fingerprint density at radius 3 is 2.50 bits per heavy atom. The molecule has 1 aliphatic heterocycles. The molecule has 1 N–H and O–H groups in total. The van der Waals surface area contributed by atoms with Gasteiger partial charge in [0.25, 0.3) is 0 Å². The number of nitrogens with zero attached hydrogens (tertiary/aromatic N) is 1. The van der Waals surface area contributed by atoms with Crippen LogP contribution >= 0.6 is 0 Å². The number of hydrogen-bond acceptors (Lipinski definition) is 3. The van der Waals surface area contributed by atoms with Crippen molar-refractivity contribution < 1.29 is 14.3 Å². The Hall–Kier alpha value is -1.10. The summed E-state index contributed by atoms with van der Waals surface area (Å²) in [5, 5.41) is 2.87. The summed E-state index contributed by atoms with van der Waals surface area (Å²) < 4.78 is 5.44. The van der Waals surface area contributed by atoms with Gasteiger partial charge in [-0.2, -0.15) is 0 Å². The summed E-state index contributed by atoms with van der Waals surface area (Å²) in [6, 6.07) is -0.340. The number of ether oxygens (including phenoxy) is 1. The van der Waals surface area contributed by atoms with E-state index < -0.39 is 5.54 Å². The van der Waals surface area contributed by atoms with Gasteiger partial charge in [0, 0.05) is 19.8 Å². The van der Waals surface area contributed by atoms with Crippen molar-refractivity contribution in [1.82, 2.24) is 10.2 Å². The maximum atomic E-state index is 12.6. The van der Waals surface area contributed by atoms with E-state index in [0.717, 1.165) is 19.4 Å². The van der Waals surface area contributed by atoms with Gasteiger partial charge in [-0.05, 0) is 32.6 Å². The quantitative estimate of drug-likeness (QED) is 0.690. The van der Waals surface area contributed by atoms with Crippen LogP contribution in [0.5, 0.6) is 0 Å². The molecule has 1 rings (SSSR count). The average molecular weight is 284 g/mol. The molecule has 1 fully saturated rings. The van der Waals surface area contributed by atoms with E-state index in [1.54, 1.807) is 11.8 Å². The second kappa shape index (κ2) is 7.62. The summed E-state index contributed by atoms with van der Waals surface area (Å²) in [5.41, 5.74) is -0.757. The highest BCUT2D eigenvalue weighted by atomic mass is 16.5. The van der Waals surface area contributed by atoms with Crippen molar-refractivity contribution in [2.75, 3.05) is 19.8 Å². The Morgan fingerprint density at radius 1 is 1.25 bits per heavy atom. The molecular weight excluding hydrogens is 256 g/mol. The van der Waals surface area contributed by atoms with Crippen LogP contribution in [0.1, 0.15) is 53.4 Å². The molecule has 2 unspecified atom stereocenters. The SMILES string of the molecule is CCCOCCCN1C(=O)C(C)(CC)NC(=O)C1CC. The normalized spacial score (nSPS) is 26.8. The highest BCUT2D eigenvalue weighted by Gasteiger charge is 2.45. The van der Waals surface area contributed by atoms with Crippen LogP contribution in [0.15, 0.2) is 0 Å². The lowest BCUT2D eigenvalue weighted by Gasteiger charge is -2.44. The molecule has 0 bridgehead atoms. The maximum absolute atomic E-state index is 12.6. The Balaban J connectivity index is 2.66. The summed E-state index contributed by atoms with van der Waals surface area (Å²) in [5.74, 6) is -0.00660. The molecule has 0 aliphatic carbocycles. The lowest BCUT2D eigenvalue weighted by molar-refractivity contribution is -0.154. The smallest absolute Gasteiger partial charge is 0.248 e. The van der Waals surface area contributed by atoms with Crippen LogP contribution in [0.4, 0.5) is 0 Å². The minimum absolute atomic E-state index is 0.0296. The van der Waals surface area contributed by atoms with Crippen LogP contribution < -0.4 is 5.32 Å². The third kappa shape index (κ3) is 3.72. The molecule has 5 nitrogen and oxygen atoms in total. The third-order valence-electron chi connectivity index (χ3n) is 3.94. The Morgan fingerprint density at radius 2 is 1.95 bits per heavy atom. The Kier molecular flexibility index (Phi) is 6.46. The minimum Gasteiger partial charge on any atom is -0.381 e. The zero-order valence-electron chi connectivity index (χ0n) is 13.2. The number of carbonyl (C=O) groups is 2. The number of amides is 2. The summed E-state index contributed by atoms with van der Waals surface area (Å²) in [7, 11) is 0. The average Bonchev–Trinajstić information content (AvgIpc) is 2.43. The lowest BCUT2D eigenvalue weighted by Crippen LogP contribution is -2.69. The summed E-state index contributed by atoms with van der Waals surface area (Å²) in [6.45, 7) is 9.71. The van der Waals surface area contributed by atoms with Crippen LogP contribution in [0.2, 0.25) is 0 Å². The number of nitrogens with one attached hydrogen (secondary N) is 1. The van der Waals surface area contributed by atoms with E-state index in [1.165, 1.54) is 0 Å². The van der Waals surface area contributed by atoms with Crippen LogP contribution in [0.3, 0.4) is 0 Å². The lowest BCUT2D eigenvalue weighted by atomic mass is 9.91. The summed E-state index contributed by atoms with van der Waals surface area (Å²) in [4.78, 5) is 26.5. The monoisotopic (exact) mass is 284 g/mol. The van der Waals surface area contributed by atoms with Gasteiger partial charge < -0.3 is 15.0 Å². The second-order valence-corrected chi connectivity index (χ2v) is 5.56. The summed E-state index contributed by atoms with van der Waals surface area (Å²) in [6.07, 6.45) is 3.02. The molecule has 1 aliphatic rings. The molecule has 0 spiro atoms. The van der Waals surface area contributed by atoms with E-state index in [-0.39, 0.29) is 17.9 Å². The zero-order chi connectivity index (χ0) is 15.2. The number of piperazine rings is 1. The molecule has 2 amide bonds. The van der Waals surface area contributed by atoms with Crippen molar-refractivity contribution in [3.05, 3.63) is 0 Å². The zero-order valence-corrected chi connectivity index (χ0v) is 13.2. The molecule has 0 aromatic heterocycles. The van der Waals surface area contributed by atoms with Gasteiger partial charge in [-0.15, -0.1) is 0 Å². The molecule has 116 valence electrons. The molecular formula is C15H28N2O3. The van der Waals surface area contributed by atoms with E-state index in [2.05, 4.69) is 12.2 Å². The second-order valence-electron chi connectivity index (χ2n) is 5.56. The first-order valence-electron chi connectivity index (χ1n) is 7.71. The first-order chi connectivity index (χ1) is 9.50. The number of carbonyl (C=O) groups excluding carboxylic acids is 2. The van der Waals surface area contributed by atoms with Gasteiger partial charge in [-0.1, -0.05) is 20.8 Å². The standard InChI is InChI=1S/C15H28N2O3/c1-5-10-20-11-8-9-17-12(6-2)13(18)16-15(4,7-3)14(17)19/h12H,5-11H2,1-4H3,(H,16,18). The topological polar surface area (TPSA) is 58.6 Å². The highest BCUT2D eigenvalue weighted by Crippen LogP contribution is 2.23. The van der Waals surface area contributed by atoms with Gasteiger partial charge >= 0.3 is 0 Å². The molecule has 0 aromatic rings. The predicted molar refractivity (Wildman–Crippen MR) is 78.4 cm³/mol. The van der Waals surface area contributed by atoms with Crippen LogP contribution in [0, 0.1) is 0 Å². The largest absolute Gasteiger partial charge is 0.381 e. The molecule has 0 radical (unpaired) electrons. The van der Waals surface area contributed by atoms with Crippen molar-refractivity contribution in [1.29, 1.82) is 0 Å². The molecule has 0 saturated carbocycles. The fourth-order valence-corrected chi connectivity index (χ4v) is 2.49. The van der Waals surface area contributed by atoms with E-state index >= 15 is 0 Å². The molecule has 1 heterocycles. The van der Waals surface area contributed by atoms with Gasteiger partial charge in [0.1, 0.15) is 11.6 Å². The van der Waals surface area contributed by atoms with E-state index in [1.807, 2.05) is 13.8 Å². The van der Waals surface area contributed by atoms with Crippen molar-refractivity contribution in [3.63, 3.8) is 0 Å². The van der Waals surface area contributed by atoms with Gasteiger partial charge in [0.05, 0.1) is 0 Å². The number of rotatable bonds is 8. The van der Waals surface area contributed by atoms with Gasteiger partial charge in [-0.25, -0.2) is 0 Å². The van der Waals surface area contributed by atoms with Crippen molar-refractivity contribution >= 4 is 11.8 Å². The Labute approximate surface area is 122 Å². The third-order valence-corrected chi connectivity index (χ3v) is 3.94. The molecule has 5 heteroatoms. The Bertz CT molecular complexity index is 346. The molecule has 20 heavy (non-hydrogen) atoms. The number of hydrogen-bond donors (Lipinski definition) is 1. The minimum atomic E-state index is -0.757. The van der Waals surface area contributed by atoms with Gasteiger partial charge in [0.15, 0.2) is 0 Å². The molecule has 2 atom stereocenters. The van der Waals surface area contributed by atoms with E-state index in [9.17, 15) is 9.59 Å². The molecule has 1 saturated heterocycles. The maximum Gasteiger partial charge on any atom is 0.248 e. The van der Waals surface area contributed by atoms with Crippen LogP contribution in [-0.2, 0) is 14.3 Å². The van der Waals surface area contributed by atoms with E-state index in [0.29, 0.717) is 26.0 Å². The molecule has 0 aromatic carbocycles. The fraction of sp³-hybridized carbons (Fsp3) is 0.867. The van der Waals surface area contributed by atoms with Gasteiger partial charge in [0.2, 0.25) is 11.8 Å². The van der Waals surface area contributed by atoms with E-state index in [4.69, 9.17) is 4.74 Å². The first kappa shape index (κ1) is 17.0.